The van der Waals surface area contributed by atoms with E-state index in [0.29, 0.717) is 16.5 Å². The normalized spacial score (nSPS) is 12.3. The predicted octanol–water partition coefficient (Wildman–Crippen LogP) is 2.36. The van der Waals surface area contributed by atoms with Crippen molar-refractivity contribution in [1.82, 2.24) is 5.32 Å². The molecule has 1 heterocycles. The van der Waals surface area contributed by atoms with Gasteiger partial charge in [0.15, 0.2) is 6.10 Å². The highest BCUT2D eigenvalue weighted by atomic mass is 32.2. The van der Waals surface area contributed by atoms with Gasteiger partial charge in [-0.05, 0) is 43.2 Å². The molecule has 12 heteroatoms. The largest absolute Gasteiger partial charge is 0.448 e. The van der Waals surface area contributed by atoms with Crippen LogP contribution in [0.3, 0.4) is 0 Å². The molecule has 0 saturated heterocycles. The number of sulfonamides is 1. The van der Waals surface area contributed by atoms with Gasteiger partial charge in [0.05, 0.1) is 9.82 Å². The summed E-state index contributed by atoms with van der Waals surface area (Å²) in [5, 5.41) is 19.1. The van der Waals surface area contributed by atoms with Gasteiger partial charge in [-0.25, -0.2) is 18.4 Å². The van der Waals surface area contributed by atoms with Crippen molar-refractivity contribution in [1.29, 1.82) is 0 Å². The Morgan fingerprint density at radius 1 is 1.19 bits per heavy atom. The first kappa shape index (κ1) is 23.3. The van der Waals surface area contributed by atoms with Crippen molar-refractivity contribution < 1.29 is 27.7 Å². The van der Waals surface area contributed by atoms with Crippen molar-refractivity contribution in [3.8, 4) is 0 Å². The molecule has 1 aromatic heterocycles. The highest BCUT2D eigenvalue weighted by Crippen LogP contribution is 2.29. The third kappa shape index (κ3) is 5.66. The maximum Gasteiger partial charge on any atom is 0.349 e. The quantitative estimate of drug-likeness (QED) is 0.286. The Hall–Kier alpha value is -3.35. The van der Waals surface area contributed by atoms with E-state index in [1.165, 1.54) is 37.3 Å². The Morgan fingerprint density at radius 3 is 2.50 bits per heavy atom. The van der Waals surface area contributed by atoms with E-state index in [4.69, 9.17) is 9.88 Å². The molecule has 0 bridgehead atoms. The number of esters is 1. The lowest BCUT2D eigenvalue weighted by molar-refractivity contribution is -0.384. The van der Waals surface area contributed by atoms with Crippen LogP contribution in [0.25, 0.3) is 10.1 Å². The number of rotatable bonds is 8. The summed E-state index contributed by atoms with van der Waals surface area (Å²) in [7, 11) is -3.76. The highest BCUT2D eigenvalue weighted by Gasteiger charge is 2.21. The summed E-state index contributed by atoms with van der Waals surface area (Å²) in [5.74, 6) is -1.19. The minimum Gasteiger partial charge on any atom is -0.448 e. The Labute approximate surface area is 187 Å². The summed E-state index contributed by atoms with van der Waals surface area (Å²) >= 11 is 1.12. The number of nitro benzene ring substituents is 1. The van der Waals surface area contributed by atoms with Crippen molar-refractivity contribution in [2.45, 2.75) is 24.3 Å². The van der Waals surface area contributed by atoms with Crippen LogP contribution in [0.4, 0.5) is 5.69 Å². The number of hydrogen-bond acceptors (Lipinski definition) is 8. The van der Waals surface area contributed by atoms with Crippen LogP contribution >= 0.6 is 11.3 Å². The number of carbonyl (C=O) groups excluding carboxylic acids is 2. The second kappa shape index (κ2) is 9.42. The number of nitrogens with two attached hydrogens (primary N) is 1. The van der Waals surface area contributed by atoms with Crippen molar-refractivity contribution in [3.63, 3.8) is 0 Å². The minimum absolute atomic E-state index is 0.00154. The van der Waals surface area contributed by atoms with Crippen LogP contribution in [0.5, 0.6) is 0 Å². The van der Waals surface area contributed by atoms with Crippen LogP contribution in [0, 0.1) is 10.1 Å². The lowest BCUT2D eigenvalue weighted by Crippen LogP contribution is -2.36. The summed E-state index contributed by atoms with van der Waals surface area (Å²) in [6.45, 7) is 1.69. The summed E-state index contributed by atoms with van der Waals surface area (Å²) < 4.78 is 28.4. The first-order valence-electron chi connectivity index (χ1n) is 9.33. The molecule has 32 heavy (non-hydrogen) atoms. The first-order valence-corrected chi connectivity index (χ1v) is 11.7. The predicted molar refractivity (Wildman–Crippen MR) is 118 cm³/mol. The number of ether oxygens (including phenoxy) is 1. The molecule has 3 rings (SSSR count). The van der Waals surface area contributed by atoms with Crippen LogP contribution in [0.2, 0.25) is 0 Å². The summed E-state index contributed by atoms with van der Waals surface area (Å²) in [4.78, 5) is 35.2. The molecule has 2 aromatic carbocycles. The number of carbonyl (C=O) groups is 2. The number of primary sulfonamides is 1. The van der Waals surface area contributed by atoms with Crippen LogP contribution < -0.4 is 10.5 Å². The standard InChI is InChI=1S/C20H19N3O7S2/c1-12(19(24)22-9-8-13-2-5-16(6-3-13)32(21,28)29)30-20(25)18-11-14-10-15(23(26)27)4-7-17(14)31-18/h2-7,10-12H,8-9H2,1H3,(H,22,24)(H2,21,28,29). The number of thiophene rings is 1. The van der Waals surface area contributed by atoms with E-state index in [0.717, 1.165) is 16.9 Å². The Balaban J connectivity index is 1.53. The molecule has 3 aromatic rings. The van der Waals surface area contributed by atoms with Crippen LogP contribution in [0.15, 0.2) is 53.4 Å². The maximum atomic E-state index is 12.4. The minimum atomic E-state index is -3.76. The fourth-order valence-electron chi connectivity index (χ4n) is 2.84. The Kier molecular flexibility index (Phi) is 6.87. The molecule has 0 radical (unpaired) electrons. The first-order chi connectivity index (χ1) is 15.0. The van der Waals surface area contributed by atoms with Gasteiger partial charge in [-0.2, -0.15) is 0 Å². The molecule has 1 unspecified atom stereocenters. The molecule has 0 saturated carbocycles. The number of fused-ring (bicyclic) bond motifs is 1. The van der Waals surface area contributed by atoms with E-state index in [2.05, 4.69) is 5.32 Å². The number of amides is 1. The number of nitrogens with one attached hydrogen (secondary N) is 1. The Bertz CT molecular complexity index is 1280. The van der Waals surface area contributed by atoms with Crippen LogP contribution in [0.1, 0.15) is 22.2 Å². The third-order valence-electron chi connectivity index (χ3n) is 4.53. The molecule has 1 amide bonds. The van der Waals surface area contributed by atoms with E-state index in [1.54, 1.807) is 18.2 Å². The molecule has 0 fully saturated rings. The molecule has 0 aliphatic rings. The van der Waals surface area contributed by atoms with Gasteiger partial charge in [-0.15, -0.1) is 11.3 Å². The molecule has 0 aliphatic carbocycles. The monoisotopic (exact) mass is 477 g/mol. The van der Waals surface area contributed by atoms with Gasteiger partial charge < -0.3 is 10.1 Å². The van der Waals surface area contributed by atoms with E-state index in [-0.39, 0.29) is 22.0 Å². The molecule has 3 N–H and O–H groups in total. The average Bonchev–Trinajstić information content (AvgIpc) is 3.17. The van der Waals surface area contributed by atoms with Gasteiger partial charge in [0.1, 0.15) is 4.88 Å². The molecule has 0 aliphatic heterocycles. The molecule has 1 atom stereocenters. The average molecular weight is 478 g/mol. The molecule has 10 nitrogen and oxygen atoms in total. The lowest BCUT2D eigenvalue weighted by atomic mass is 10.1. The smallest absolute Gasteiger partial charge is 0.349 e. The summed E-state index contributed by atoms with van der Waals surface area (Å²) in [5.41, 5.74) is 0.712. The maximum absolute atomic E-state index is 12.4. The topological polar surface area (TPSA) is 159 Å². The lowest BCUT2D eigenvalue weighted by Gasteiger charge is -2.13. The zero-order chi connectivity index (χ0) is 23.5. The molecular formula is C20H19N3O7S2. The van der Waals surface area contributed by atoms with E-state index >= 15 is 0 Å². The van der Waals surface area contributed by atoms with Crippen molar-refractivity contribution in [3.05, 3.63) is 69.1 Å². The number of nitrogens with zero attached hydrogens (tertiary/aromatic N) is 1. The van der Waals surface area contributed by atoms with Gasteiger partial charge >= 0.3 is 5.97 Å². The SMILES string of the molecule is CC(OC(=O)c1cc2cc([N+](=O)[O-])ccc2s1)C(=O)NCCc1ccc(S(N)(=O)=O)cc1. The van der Waals surface area contributed by atoms with Crippen molar-refractivity contribution in [2.24, 2.45) is 5.14 Å². The van der Waals surface area contributed by atoms with Gasteiger partial charge in [0.25, 0.3) is 11.6 Å². The summed E-state index contributed by atoms with van der Waals surface area (Å²) in [6.07, 6.45) is -0.612. The fraction of sp³-hybridized carbons (Fsp3) is 0.200. The van der Waals surface area contributed by atoms with E-state index in [9.17, 15) is 28.1 Å². The fourth-order valence-corrected chi connectivity index (χ4v) is 4.28. The Morgan fingerprint density at radius 2 is 1.88 bits per heavy atom. The zero-order valence-electron chi connectivity index (χ0n) is 16.8. The van der Waals surface area contributed by atoms with Gasteiger partial charge in [-0.1, -0.05) is 12.1 Å². The van der Waals surface area contributed by atoms with E-state index < -0.39 is 32.9 Å². The number of hydrogen-bond donors (Lipinski definition) is 2. The molecular weight excluding hydrogens is 458 g/mol. The van der Waals surface area contributed by atoms with Gasteiger partial charge in [0.2, 0.25) is 10.0 Å². The third-order valence-corrected chi connectivity index (χ3v) is 6.56. The number of benzene rings is 2. The van der Waals surface area contributed by atoms with Crippen molar-refractivity contribution in [2.75, 3.05) is 6.54 Å². The van der Waals surface area contributed by atoms with Gasteiger partial charge in [0, 0.05) is 28.8 Å². The summed E-state index contributed by atoms with van der Waals surface area (Å²) in [6, 6.07) is 11.7. The second-order valence-electron chi connectivity index (χ2n) is 6.87. The molecule has 168 valence electrons. The van der Waals surface area contributed by atoms with Gasteiger partial charge in [-0.3, -0.25) is 14.9 Å². The van der Waals surface area contributed by atoms with E-state index in [1.807, 2.05) is 0 Å². The van der Waals surface area contributed by atoms with Crippen LogP contribution in [-0.2, 0) is 26.0 Å². The van der Waals surface area contributed by atoms with Crippen LogP contribution in [-0.4, -0.2) is 37.9 Å². The number of non-ortho nitro benzene ring substituents is 1. The zero-order valence-corrected chi connectivity index (χ0v) is 18.4. The number of nitro groups is 1. The molecule has 0 spiro atoms. The second-order valence-corrected chi connectivity index (χ2v) is 9.51. The highest BCUT2D eigenvalue weighted by molar-refractivity contribution is 7.89. The van der Waals surface area contributed by atoms with Crippen molar-refractivity contribution >= 4 is 49.0 Å².